The van der Waals surface area contributed by atoms with Crippen molar-refractivity contribution >= 4 is 27.6 Å². The molecular formula is C20H21N7O. The number of pyridine rings is 1. The van der Waals surface area contributed by atoms with Gasteiger partial charge in [-0.25, -0.2) is 15.0 Å². The van der Waals surface area contributed by atoms with Crippen LogP contribution in [-0.4, -0.2) is 49.0 Å². The van der Waals surface area contributed by atoms with Gasteiger partial charge in [0.15, 0.2) is 11.5 Å². The molecule has 0 radical (unpaired) electrons. The standard InChI is InChI=1S/C20H21N7O/c1-11-17-13(9-26(2)25-17)6-16(18(11)28)20-22-7-12-5-15(8-23-19(12)24-20)27-4-3-14(21)10-27/h5-9,14,28H,3-4,10,21H2,1-2H3/t14-/m0/s1. The van der Waals surface area contributed by atoms with E-state index in [-0.39, 0.29) is 11.8 Å². The van der Waals surface area contributed by atoms with E-state index in [1.807, 2.05) is 38.5 Å². The summed E-state index contributed by atoms with van der Waals surface area (Å²) < 4.78 is 1.73. The van der Waals surface area contributed by atoms with Crippen LogP contribution in [0.2, 0.25) is 0 Å². The third-order valence-electron chi connectivity index (χ3n) is 5.37. The lowest BCUT2D eigenvalue weighted by atomic mass is 10.1. The van der Waals surface area contributed by atoms with Gasteiger partial charge in [0.2, 0.25) is 0 Å². The first-order chi connectivity index (χ1) is 13.5. The maximum atomic E-state index is 10.7. The number of phenolic OH excluding ortho intramolecular Hbond substituents is 1. The van der Waals surface area contributed by atoms with Gasteiger partial charge in [0, 0.05) is 54.9 Å². The monoisotopic (exact) mass is 375 g/mol. The van der Waals surface area contributed by atoms with Gasteiger partial charge in [0.05, 0.1) is 23.0 Å². The van der Waals surface area contributed by atoms with Gasteiger partial charge in [-0.15, -0.1) is 0 Å². The van der Waals surface area contributed by atoms with Gasteiger partial charge in [0.25, 0.3) is 0 Å². The smallest absolute Gasteiger partial charge is 0.165 e. The molecule has 3 aromatic heterocycles. The van der Waals surface area contributed by atoms with Crippen LogP contribution in [0.25, 0.3) is 33.3 Å². The van der Waals surface area contributed by atoms with Crippen LogP contribution >= 0.6 is 0 Å². The lowest BCUT2D eigenvalue weighted by Crippen LogP contribution is -2.26. The van der Waals surface area contributed by atoms with E-state index in [0.717, 1.165) is 41.5 Å². The summed E-state index contributed by atoms with van der Waals surface area (Å²) in [5, 5.41) is 16.9. The van der Waals surface area contributed by atoms with Gasteiger partial charge in [-0.05, 0) is 25.5 Å². The summed E-state index contributed by atoms with van der Waals surface area (Å²) in [5.41, 5.74) is 9.71. The first-order valence-corrected chi connectivity index (χ1v) is 9.29. The number of benzene rings is 1. The molecule has 0 bridgehead atoms. The van der Waals surface area contributed by atoms with Gasteiger partial charge in [-0.1, -0.05) is 0 Å². The molecule has 3 N–H and O–H groups in total. The molecule has 4 aromatic rings. The summed E-state index contributed by atoms with van der Waals surface area (Å²) in [6.07, 6.45) is 6.49. The molecule has 0 spiro atoms. The van der Waals surface area contributed by atoms with Gasteiger partial charge >= 0.3 is 0 Å². The molecule has 1 atom stereocenters. The van der Waals surface area contributed by atoms with Crippen molar-refractivity contribution in [1.82, 2.24) is 24.7 Å². The number of hydrogen-bond donors (Lipinski definition) is 2. The molecule has 28 heavy (non-hydrogen) atoms. The van der Waals surface area contributed by atoms with Crippen molar-refractivity contribution in [1.29, 1.82) is 0 Å². The molecule has 142 valence electrons. The molecule has 5 rings (SSSR count). The largest absolute Gasteiger partial charge is 0.507 e. The summed E-state index contributed by atoms with van der Waals surface area (Å²) >= 11 is 0. The van der Waals surface area contributed by atoms with Crippen LogP contribution < -0.4 is 10.6 Å². The molecule has 0 saturated carbocycles. The number of fused-ring (bicyclic) bond motifs is 2. The molecule has 1 fully saturated rings. The van der Waals surface area contributed by atoms with Crippen LogP contribution in [0.4, 0.5) is 5.69 Å². The van der Waals surface area contributed by atoms with Crippen molar-refractivity contribution in [2.45, 2.75) is 19.4 Å². The molecule has 1 aliphatic rings. The Morgan fingerprint density at radius 1 is 1.18 bits per heavy atom. The third kappa shape index (κ3) is 2.65. The van der Waals surface area contributed by atoms with E-state index in [1.165, 1.54) is 0 Å². The second kappa shape index (κ2) is 6.13. The zero-order chi connectivity index (χ0) is 19.4. The zero-order valence-corrected chi connectivity index (χ0v) is 15.8. The van der Waals surface area contributed by atoms with Gasteiger partial charge in [0.1, 0.15) is 5.75 Å². The van der Waals surface area contributed by atoms with Crippen LogP contribution in [0.1, 0.15) is 12.0 Å². The van der Waals surface area contributed by atoms with Crippen molar-refractivity contribution in [3.63, 3.8) is 0 Å². The number of phenols is 1. The summed E-state index contributed by atoms with van der Waals surface area (Å²) in [6.45, 7) is 3.62. The molecule has 8 nitrogen and oxygen atoms in total. The molecule has 0 unspecified atom stereocenters. The van der Waals surface area contributed by atoms with E-state index >= 15 is 0 Å². The summed E-state index contributed by atoms with van der Waals surface area (Å²) in [4.78, 5) is 15.8. The van der Waals surface area contributed by atoms with Crippen molar-refractivity contribution in [2.24, 2.45) is 12.8 Å². The molecule has 1 aliphatic heterocycles. The highest BCUT2D eigenvalue weighted by Crippen LogP contribution is 2.35. The first-order valence-electron chi connectivity index (χ1n) is 9.29. The molecular weight excluding hydrogens is 354 g/mol. The molecule has 0 amide bonds. The second-order valence-corrected chi connectivity index (χ2v) is 7.43. The minimum atomic E-state index is 0.147. The van der Waals surface area contributed by atoms with Crippen LogP contribution in [0, 0.1) is 6.92 Å². The quantitative estimate of drug-likeness (QED) is 0.553. The predicted octanol–water partition coefficient (Wildman–Crippen LogP) is 2.13. The Kier molecular flexibility index (Phi) is 3.70. The van der Waals surface area contributed by atoms with E-state index < -0.39 is 0 Å². The predicted molar refractivity (Wildman–Crippen MR) is 108 cm³/mol. The Morgan fingerprint density at radius 3 is 2.82 bits per heavy atom. The minimum absolute atomic E-state index is 0.147. The highest BCUT2D eigenvalue weighted by molar-refractivity contribution is 5.90. The highest BCUT2D eigenvalue weighted by Gasteiger charge is 2.20. The third-order valence-corrected chi connectivity index (χ3v) is 5.37. The van der Waals surface area contributed by atoms with E-state index in [9.17, 15) is 5.11 Å². The SMILES string of the molecule is Cc1c(O)c(-c2ncc3cc(N4CC[C@H](N)C4)cnc3n2)cc2cn(C)nc12. The number of aromatic hydroxyl groups is 1. The van der Waals surface area contributed by atoms with Crippen LogP contribution in [0.15, 0.2) is 30.7 Å². The lowest BCUT2D eigenvalue weighted by molar-refractivity contribution is 0.473. The van der Waals surface area contributed by atoms with E-state index in [1.54, 1.807) is 10.9 Å². The van der Waals surface area contributed by atoms with Crippen molar-refractivity contribution < 1.29 is 5.11 Å². The van der Waals surface area contributed by atoms with Gasteiger partial charge in [-0.3, -0.25) is 4.68 Å². The first kappa shape index (κ1) is 16.9. The van der Waals surface area contributed by atoms with E-state index in [4.69, 9.17) is 5.73 Å². The van der Waals surface area contributed by atoms with E-state index in [2.05, 4.69) is 25.0 Å². The fourth-order valence-corrected chi connectivity index (χ4v) is 3.85. The number of rotatable bonds is 2. The van der Waals surface area contributed by atoms with Crippen LogP contribution in [0.3, 0.4) is 0 Å². The number of hydrogen-bond acceptors (Lipinski definition) is 7. The second-order valence-electron chi connectivity index (χ2n) is 7.43. The lowest BCUT2D eigenvalue weighted by Gasteiger charge is -2.17. The molecule has 1 aromatic carbocycles. The number of aryl methyl sites for hydroxylation is 2. The number of anilines is 1. The van der Waals surface area contributed by atoms with Crippen molar-refractivity contribution in [2.75, 3.05) is 18.0 Å². The molecule has 8 heteroatoms. The number of nitrogens with two attached hydrogens (primary N) is 1. The summed E-state index contributed by atoms with van der Waals surface area (Å²) in [7, 11) is 1.86. The van der Waals surface area contributed by atoms with Gasteiger partial charge in [-0.2, -0.15) is 5.10 Å². The van der Waals surface area contributed by atoms with Crippen LogP contribution in [-0.2, 0) is 7.05 Å². The minimum Gasteiger partial charge on any atom is -0.507 e. The maximum Gasteiger partial charge on any atom is 0.165 e. The van der Waals surface area contributed by atoms with Crippen LogP contribution in [0.5, 0.6) is 5.75 Å². The zero-order valence-electron chi connectivity index (χ0n) is 15.8. The number of nitrogens with zero attached hydrogens (tertiary/aromatic N) is 6. The normalized spacial score (nSPS) is 17.1. The average Bonchev–Trinajstić information content (AvgIpc) is 3.29. The van der Waals surface area contributed by atoms with E-state index in [0.29, 0.717) is 22.6 Å². The molecule has 1 saturated heterocycles. The fraction of sp³-hybridized carbons (Fsp3) is 0.300. The number of aromatic nitrogens is 5. The molecule has 4 heterocycles. The Hall–Kier alpha value is -3.26. The van der Waals surface area contributed by atoms with Gasteiger partial charge < -0.3 is 15.7 Å². The topological polar surface area (TPSA) is 106 Å². The summed E-state index contributed by atoms with van der Waals surface area (Å²) in [6, 6.07) is 4.12. The Balaban J connectivity index is 1.58. The Labute approximate surface area is 161 Å². The maximum absolute atomic E-state index is 10.7. The summed E-state index contributed by atoms with van der Waals surface area (Å²) in [5.74, 6) is 0.593. The fourth-order valence-electron chi connectivity index (χ4n) is 3.85. The Bertz CT molecular complexity index is 1220. The average molecular weight is 375 g/mol. The molecule has 0 aliphatic carbocycles. The van der Waals surface area contributed by atoms with Crippen molar-refractivity contribution in [3.8, 4) is 17.1 Å². The highest BCUT2D eigenvalue weighted by atomic mass is 16.3. The Morgan fingerprint density at radius 2 is 2.04 bits per heavy atom. The van der Waals surface area contributed by atoms with Crippen molar-refractivity contribution in [3.05, 3.63) is 36.3 Å².